The third kappa shape index (κ3) is 3.70. The Morgan fingerprint density at radius 3 is 2.37 bits per heavy atom. The second kappa shape index (κ2) is 6.39. The van der Waals surface area contributed by atoms with Crippen LogP contribution >= 0.6 is 0 Å². The Hall–Kier alpha value is -1.07. The van der Waals surface area contributed by atoms with E-state index >= 15 is 0 Å². The molecule has 0 aliphatic carbocycles. The third-order valence-electron chi connectivity index (χ3n) is 3.30. The Kier molecular flexibility index (Phi) is 5.38. The Morgan fingerprint density at radius 2 is 1.79 bits per heavy atom. The number of sulfonamides is 1. The van der Waals surface area contributed by atoms with Crippen LogP contribution in [0.5, 0.6) is 0 Å². The summed E-state index contributed by atoms with van der Waals surface area (Å²) in [6, 6.07) is 1.82. The molecule has 0 aliphatic heterocycles. The first-order valence-electron chi connectivity index (χ1n) is 6.67. The number of aryl methyl sites for hydroxylation is 2. The third-order valence-corrected chi connectivity index (χ3v) is 5.05. The van der Waals surface area contributed by atoms with Gasteiger partial charge in [-0.15, -0.1) is 0 Å². The molecule has 0 radical (unpaired) electrons. The number of nitrogen functional groups attached to an aromatic ring is 1. The molecule has 0 bridgehead atoms. The fourth-order valence-corrected chi connectivity index (χ4v) is 3.80. The average Bonchev–Trinajstić information content (AvgIpc) is 2.31. The fourth-order valence-electron chi connectivity index (χ4n) is 2.25. The topological polar surface area (TPSA) is 72.2 Å². The fraction of sp³-hybridized carbons (Fsp3) is 0.571. The maximum Gasteiger partial charge on any atom is 0.241 e. The minimum Gasteiger partial charge on any atom is -0.398 e. The lowest BCUT2D eigenvalue weighted by atomic mass is 10.1. The first-order chi connectivity index (χ1) is 8.81. The van der Waals surface area contributed by atoms with E-state index in [1.165, 1.54) is 0 Å². The monoisotopic (exact) mass is 284 g/mol. The van der Waals surface area contributed by atoms with Crippen molar-refractivity contribution in [1.82, 2.24) is 4.72 Å². The molecule has 0 saturated heterocycles. The highest BCUT2D eigenvalue weighted by atomic mass is 32.2. The first-order valence-corrected chi connectivity index (χ1v) is 8.15. The minimum absolute atomic E-state index is 0.326. The first kappa shape index (κ1) is 16.0. The van der Waals surface area contributed by atoms with Crippen molar-refractivity contribution in [3.05, 3.63) is 22.8 Å². The summed E-state index contributed by atoms with van der Waals surface area (Å²) in [5.74, 6) is 0. The molecule has 5 heteroatoms. The van der Waals surface area contributed by atoms with Gasteiger partial charge < -0.3 is 5.73 Å². The molecule has 0 heterocycles. The van der Waals surface area contributed by atoms with Crippen molar-refractivity contribution in [3.63, 3.8) is 0 Å². The van der Waals surface area contributed by atoms with Crippen LogP contribution in [0.15, 0.2) is 11.0 Å². The summed E-state index contributed by atoms with van der Waals surface area (Å²) in [4.78, 5) is 0.326. The van der Waals surface area contributed by atoms with Gasteiger partial charge in [0.25, 0.3) is 0 Å². The van der Waals surface area contributed by atoms with Crippen LogP contribution in [-0.4, -0.2) is 15.0 Å². The number of anilines is 1. The van der Waals surface area contributed by atoms with Crippen molar-refractivity contribution in [2.24, 2.45) is 0 Å². The number of hydrogen-bond donors (Lipinski definition) is 2. The molecule has 0 unspecified atom stereocenters. The molecule has 0 aliphatic rings. The number of unbranched alkanes of at least 4 members (excludes halogenated alkanes) is 2. The standard InChI is InChI=1S/C14H24N2O2S/c1-5-6-7-8-16-19(17,18)14-11(3)9-10(2)13(15)12(14)4/h9,16H,5-8,15H2,1-4H3. The highest BCUT2D eigenvalue weighted by Gasteiger charge is 2.21. The zero-order valence-corrected chi connectivity index (χ0v) is 13.0. The SMILES string of the molecule is CCCCCNS(=O)(=O)c1c(C)cc(C)c(N)c1C. The predicted molar refractivity (Wildman–Crippen MR) is 79.8 cm³/mol. The van der Waals surface area contributed by atoms with E-state index in [4.69, 9.17) is 5.73 Å². The zero-order valence-electron chi connectivity index (χ0n) is 12.2. The Labute approximate surface area is 116 Å². The number of rotatable bonds is 6. The summed E-state index contributed by atoms with van der Waals surface area (Å²) in [6.45, 7) is 8.02. The molecule has 0 spiro atoms. The Bertz CT molecular complexity index is 551. The van der Waals surface area contributed by atoms with Gasteiger partial charge in [-0.05, 0) is 43.9 Å². The molecular formula is C14H24N2O2S. The molecule has 0 aromatic heterocycles. The molecule has 1 aromatic rings. The molecule has 19 heavy (non-hydrogen) atoms. The van der Waals surface area contributed by atoms with Gasteiger partial charge in [-0.25, -0.2) is 13.1 Å². The summed E-state index contributed by atoms with van der Waals surface area (Å²) in [5.41, 5.74) is 8.79. The largest absolute Gasteiger partial charge is 0.398 e. The van der Waals surface area contributed by atoms with Gasteiger partial charge in [0.05, 0.1) is 4.90 Å². The summed E-state index contributed by atoms with van der Waals surface area (Å²) in [7, 11) is -3.47. The molecule has 0 saturated carbocycles. The van der Waals surface area contributed by atoms with Crippen LogP contribution in [0.3, 0.4) is 0 Å². The summed E-state index contributed by atoms with van der Waals surface area (Å²) >= 11 is 0. The Morgan fingerprint density at radius 1 is 1.16 bits per heavy atom. The van der Waals surface area contributed by atoms with Crippen LogP contribution in [0.25, 0.3) is 0 Å². The van der Waals surface area contributed by atoms with E-state index in [-0.39, 0.29) is 0 Å². The van der Waals surface area contributed by atoms with Gasteiger partial charge in [0.15, 0.2) is 0 Å². The second-order valence-electron chi connectivity index (χ2n) is 4.98. The predicted octanol–water partition coefficient (Wildman–Crippen LogP) is 2.66. The van der Waals surface area contributed by atoms with Gasteiger partial charge in [0.1, 0.15) is 0 Å². The quantitative estimate of drug-likeness (QED) is 0.623. The van der Waals surface area contributed by atoms with Crippen LogP contribution in [0.1, 0.15) is 42.9 Å². The van der Waals surface area contributed by atoms with Crippen LogP contribution < -0.4 is 10.5 Å². The average molecular weight is 284 g/mol. The van der Waals surface area contributed by atoms with Crippen molar-refractivity contribution < 1.29 is 8.42 Å². The lowest BCUT2D eigenvalue weighted by Crippen LogP contribution is -2.26. The summed E-state index contributed by atoms with van der Waals surface area (Å²) in [6.07, 6.45) is 2.95. The van der Waals surface area contributed by atoms with Gasteiger partial charge in [-0.2, -0.15) is 0 Å². The molecule has 1 rings (SSSR count). The highest BCUT2D eigenvalue weighted by Crippen LogP contribution is 2.27. The smallest absolute Gasteiger partial charge is 0.241 e. The van der Waals surface area contributed by atoms with E-state index in [1.54, 1.807) is 13.8 Å². The van der Waals surface area contributed by atoms with Gasteiger partial charge >= 0.3 is 0 Å². The van der Waals surface area contributed by atoms with E-state index in [2.05, 4.69) is 11.6 Å². The lowest BCUT2D eigenvalue weighted by Gasteiger charge is -2.15. The molecule has 108 valence electrons. The van der Waals surface area contributed by atoms with Gasteiger partial charge in [-0.3, -0.25) is 0 Å². The molecule has 3 N–H and O–H groups in total. The van der Waals surface area contributed by atoms with Crippen molar-refractivity contribution in [2.75, 3.05) is 12.3 Å². The van der Waals surface area contributed by atoms with E-state index in [0.29, 0.717) is 22.7 Å². The molecule has 0 fully saturated rings. The maximum atomic E-state index is 12.3. The van der Waals surface area contributed by atoms with Crippen LogP contribution in [0, 0.1) is 20.8 Å². The van der Waals surface area contributed by atoms with Gasteiger partial charge in [0.2, 0.25) is 10.0 Å². The van der Waals surface area contributed by atoms with Crippen LogP contribution in [0.2, 0.25) is 0 Å². The molecule has 0 amide bonds. The Balaban J connectivity index is 3.05. The van der Waals surface area contributed by atoms with Crippen molar-refractivity contribution in [2.45, 2.75) is 51.9 Å². The molecule has 4 nitrogen and oxygen atoms in total. The number of nitrogens with two attached hydrogens (primary N) is 1. The highest BCUT2D eigenvalue weighted by molar-refractivity contribution is 7.89. The summed E-state index contributed by atoms with van der Waals surface area (Å²) in [5, 5.41) is 0. The van der Waals surface area contributed by atoms with E-state index in [1.807, 2.05) is 13.0 Å². The van der Waals surface area contributed by atoms with Gasteiger partial charge in [-0.1, -0.05) is 25.8 Å². The van der Waals surface area contributed by atoms with Crippen LogP contribution in [0.4, 0.5) is 5.69 Å². The van der Waals surface area contributed by atoms with E-state index in [0.717, 1.165) is 30.4 Å². The number of hydrogen-bond acceptors (Lipinski definition) is 3. The number of nitrogens with one attached hydrogen (secondary N) is 1. The van der Waals surface area contributed by atoms with Gasteiger partial charge in [0, 0.05) is 12.2 Å². The van der Waals surface area contributed by atoms with E-state index in [9.17, 15) is 8.42 Å². The number of benzene rings is 1. The molecular weight excluding hydrogens is 260 g/mol. The molecule has 0 atom stereocenters. The summed E-state index contributed by atoms with van der Waals surface area (Å²) < 4.78 is 27.3. The normalized spacial score (nSPS) is 11.8. The van der Waals surface area contributed by atoms with E-state index < -0.39 is 10.0 Å². The van der Waals surface area contributed by atoms with Crippen molar-refractivity contribution >= 4 is 15.7 Å². The van der Waals surface area contributed by atoms with Crippen LogP contribution in [-0.2, 0) is 10.0 Å². The maximum absolute atomic E-state index is 12.3. The second-order valence-corrected chi connectivity index (χ2v) is 6.69. The zero-order chi connectivity index (χ0) is 14.6. The minimum atomic E-state index is -3.47. The van der Waals surface area contributed by atoms with Crippen molar-refractivity contribution in [3.8, 4) is 0 Å². The molecule has 1 aromatic carbocycles. The van der Waals surface area contributed by atoms with Crippen molar-refractivity contribution in [1.29, 1.82) is 0 Å². The lowest BCUT2D eigenvalue weighted by molar-refractivity contribution is 0.575.